The second kappa shape index (κ2) is 6.38. The third kappa shape index (κ3) is 3.19. The summed E-state index contributed by atoms with van der Waals surface area (Å²) in [4.78, 5) is 16.9. The molecule has 1 aromatic carbocycles. The molecule has 1 heterocycles. The SMILES string of the molecule is Cc1cccc(C(=O)N[C@@H](c2ccccn2)C2CC(O)C2)c1O. The average Bonchev–Trinajstić information content (AvgIpc) is 2.53. The maximum Gasteiger partial charge on any atom is 0.255 e. The number of aliphatic hydroxyl groups excluding tert-OH is 1. The van der Waals surface area contributed by atoms with Gasteiger partial charge in [0.05, 0.1) is 23.4 Å². The standard InChI is InChI=1S/C18H20N2O3/c1-11-5-4-6-14(17(11)22)18(23)20-16(12-9-13(21)10-12)15-7-2-3-8-19-15/h2-8,12-13,16,21-22H,9-10H2,1H3,(H,20,23)/t12?,13?,16-/m1/s1. The quantitative estimate of drug-likeness (QED) is 0.809. The van der Waals surface area contributed by atoms with Crippen LogP contribution in [0.25, 0.3) is 0 Å². The molecule has 2 aromatic rings. The predicted molar refractivity (Wildman–Crippen MR) is 86.0 cm³/mol. The lowest BCUT2D eigenvalue weighted by Gasteiger charge is -2.37. The smallest absolute Gasteiger partial charge is 0.255 e. The molecule has 5 heteroatoms. The van der Waals surface area contributed by atoms with E-state index in [0.29, 0.717) is 18.4 Å². The fourth-order valence-electron chi connectivity index (χ4n) is 2.96. The topological polar surface area (TPSA) is 82.5 Å². The maximum atomic E-state index is 12.6. The fourth-order valence-corrected chi connectivity index (χ4v) is 2.96. The molecule has 1 aromatic heterocycles. The molecule has 0 aliphatic heterocycles. The first-order valence-corrected chi connectivity index (χ1v) is 7.74. The van der Waals surface area contributed by atoms with Gasteiger partial charge in [0.15, 0.2) is 0 Å². The van der Waals surface area contributed by atoms with Gasteiger partial charge in [-0.1, -0.05) is 18.2 Å². The summed E-state index contributed by atoms with van der Waals surface area (Å²) in [5.41, 5.74) is 1.68. The normalized spacial score (nSPS) is 21.3. The summed E-state index contributed by atoms with van der Waals surface area (Å²) in [5.74, 6) is -0.183. The van der Waals surface area contributed by atoms with Gasteiger partial charge in [-0.15, -0.1) is 0 Å². The van der Waals surface area contributed by atoms with Crippen molar-refractivity contribution in [1.82, 2.24) is 10.3 Å². The number of aromatic hydroxyl groups is 1. The van der Waals surface area contributed by atoms with E-state index in [1.165, 1.54) is 0 Å². The van der Waals surface area contributed by atoms with Crippen LogP contribution < -0.4 is 5.32 Å². The second-order valence-electron chi connectivity index (χ2n) is 6.06. The summed E-state index contributed by atoms with van der Waals surface area (Å²) in [6.07, 6.45) is 2.66. The Morgan fingerprint density at radius 1 is 1.26 bits per heavy atom. The molecule has 0 unspecified atom stereocenters. The van der Waals surface area contributed by atoms with Gasteiger partial charge in [-0.3, -0.25) is 9.78 Å². The van der Waals surface area contributed by atoms with Gasteiger partial charge in [0, 0.05) is 6.20 Å². The zero-order valence-corrected chi connectivity index (χ0v) is 12.9. The highest BCUT2D eigenvalue weighted by Gasteiger charge is 2.36. The van der Waals surface area contributed by atoms with Crippen LogP contribution in [0.4, 0.5) is 0 Å². The van der Waals surface area contributed by atoms with Gasteiger partial charge < -0.3 is 15.5 Å². The van der Waals surface area contributed by atoms with E-state index in [2.05, 4.69) is 10.3 Å². The molecule has 0 saturated heterocycles. The fraction of sp³-hybridized carbons (Fsp3) is 0.333. The third-order valence-electron chi connectivity index (χ3n) is 4.40. The van der Waals surface area contributed by atoms with Crippen molar-refractivity contribution in [1.29, 1.82) is 0 Å². The van der Waals surface area contributed by atoms with E-state index in [1.54, 1.807) is 31.3 Å². The number of aryl methyl sites for hydroxylation is 1. The Balaban J connectivity index is 1.84. The number of aliphatic hydroxyl groups is 1. The number of nitrogens with zero attached hydrogens (tertiary/aromatic N) is 1. The summed E-state index contributed by atoms with van der Waals surface area (Å²) in [6.45, 7) is 1.75. The molecule has 3 N–H and O–H groups in total. The maximum absolute atomic E-state index is 12.6. The first-order chi connectivity index (χ1) is 11.1. The van der Waals surface area contributed by atoms with Gasteiger partial charge in [0.2, 0.25) is 0 Å². The largest absolute Gasteiger partial charge is 0.507 e. The summed E-state index contributed by atoms with van der Waals surface area (Å²) in [6, 6.07) is 10.4. The Hall–Kier alpha value is -2.40. The number of phenols is 1. The number of amides is 1. The number of benzene rings is 1. The van der Waals surface area contributed by atoms with Crippen molar-refractivity contribution in [2.24, 2.45) is 5.92 Å². The van der Waals surface area contributed by atoms with Crippen LogP contribution in [0.2, 0.25) is 0 Å². The van der Waals surface area contributed by atoms with Crippen molar-refractivity contribution in [3.05, 3.63) is 59.4 Å². The molecule has 1 saturated carbocycles. The van der Waals surface area contributed by atoms with Crippen molar-refractivity contribution in [2.45, 2.75) is 31.9 Å². The first kappa shape index (κ1) is 15.5. The van der Waals surface area contributed by atoms with E-state index in [1.807, 2.05) is 18.2 Å². The number of rotatable bonds is 4. The first-order valence-electron chi connectivity index (χ1n) is 7.74. The lowest BCUT2D eigenvalue weighted by Crippen LogP contribution is -2.41. The number of pyridine rings is 1. The number of carbonyl (C=O) groups excluding carboxylic acids is 1. The van der Waals surface area contributed by atoms with E-state index >= 15 is 0 Å². The molecule has 1 aliphatic carbocycles. The third-order valence-corrected chi connectivity index (χ3v) is 4.40. The Morgan fingerprint density at radius 3 is 2.70 bits per heavy atom. The number of nitrogens with one attached hydrogen (secondary N) is 1. The lowest BCUT2D eigenvalue weighted by atomic mass is 9.76. The van der Waals surface area contributed by atoms with Gasteiger partial charge in [0.1, 0.15) is 5.75 Å². The second-order valence-corrected chi connectivity index (χ2v) is 6.06. The number of hydrogen-bond donors (Lipinski definition) is 3. The zero-order chi connectivity index (χ0) is 16.4. The van der Waals surface area contributed by atoms with Crippen LogP contribution in [-0.4, -0.2) is 27.2 Å². The van der Waals surface area contributed by atoms with Crippen molar-refractivity contribution < 1.29 is 15.0 Å². The Bertz CT molecular complexity index is 697. The highest BCUT2D eigenvalue weighted by molar-refractivity contribution is 5.97. The van der Waals surface area contributed by atoms with Gasteiger partial charge in [0.25, 0.3) is 5.91 Å². The zero-order valence-electron chi connectivity index (χ0n) is 12.9. The monoisotopic (exact) mass is 312 g/mol. The van der Waals surface area contributed by atoms with E-state index in [0.717, 1.165) is 5.69 Å². The van der Waals surface area contributed by atoms with Gasteiger partial charge in [-0.25, -0.2) is 0 Å². The molecule has 0 bridgehead atoms. The Morgan fingerprint density at radius 2 is 2.04 bits per heavy atom. The molecule has 1 amide bonds. The molecule has 0 spiro atoms. The van der Waals surface area contributed by atoms with Crippen LogP contribution in [0.15, 0.2) is 42.6 Å². The molecule has 1 aliphatic rings. The van der Waals surface area contributed by atoms with Gasteiger partial charge in [-0.05, 0) is 49.4 Å². The molecule has 0 radical (unpaired) electrons. The van der Waals surface area contributed by atoms with E-state index < -0.39 is 0 Å². The molecule has 1 fully saturated rings. The summed E-state index contributed by atoms with van der Waals surface area (Å²) >= 11 is 0. The van der Waals surface area contributed by atoms with Crippen molar-refractivity contribution in [3.8, 4) is 5.75 Å². The number of carbonyl (C=O) groups is 1. The van der Waals surface area contributed by atoms with Crippen molar-refractivity contribution in [3.63, 3.8) is 0 Å². The minimum atomic E-state index is -0.330. The predicted octanol–water partition coefficient (Wildman–Crippen LogP) is 2.34. The lowest BCUT2D eigenvalue weighted by molar-refractivity contribution is 0.0228. The Labute approximate surface area is 135 Å². The van der Waals surface area contributed by atoms with Crippen molar-refractivity contribution in [2.75, 3.05) is 0 Å². The van der Waals surface area contributed by atoms with E-state index in [9.17, 15) is 15.0 Å². The molecule has 3 rings (SSSR count). The molecule has 23 heavy (non-hydrogen) atoms. The minimum Gasteiger partial charge on any atom is -0.507 e. The number of para-hydroxylation sites is 1. The van der Waals surface area contributed by atoms with Crippen LogP contribution in [0, 0.1) is 12.8 Å². The molecule has 5 nitrogen and oxygen atoms in total. The number of phenolic OH excluding ortho intramolecular Hbond substituents is 1. The highest BCUT2D eigenvalue weighted by Crippen LogP contribution is 2.37. The molecule has 120 valence electrons. The summed E-state index contributed by atoms with van der Waals surface area (Å²) in [5, 5.41) is 22.6. The molecular formula is C18H20N2O3. The highest BCUT2D eigenvalue weighted by atomic mass is 16.3. The summed E-state index contributed by atoms with van der Waals surface area (Å²) in [7, 11) is 0. The van der Waals surface area contributed by atoms with Gasteiger partial charge in [-0.2, -0.15) is 0 Å². The average molecular weight is 312 g/mol. The molecular weight excluding hydrogens is 292 g/mol. The van der Waals surface area contributed by atoms with E-state index in [4.69, 9.17) is 0 Å². The Kier molecular flexibility index (Phi) is 4.30. The summed E-state index contributed by atoms with van der Waals surface area (Å²) < 4.78 is 0. The van der Waals surface area contributed by atoms with Crippen molar-refractivity contribution >= 4 is 5.91 Å². The number of aromatic nitrogens is 1. The van der Waals surface area contributed by atoms with E-state index in [-0.39, 0.29) is 35.3 Å². The molecule has 1 atom stereocenters. The van der Waals surface area contributed by atoms with Crippen LogP contribution in [0.3, 0.4) is 0 Å². The van der Waals surface area contributed by atoms with Crippen LogP contribution >= 0.6 is 0 Å². The van der Waals surface area contributed by atoms with Crippen LogP contribution in [0.1, 0.15) is 40.5 Å². The number of hydrogen-bond acceptors (Lipinski definition) is 4. The van der Waals surface area contributed by atoms with Crippen LogP contribution in [-0.2, 0) is 0 Å². The minimum absolute atomic E-state index is 0.00147. The van der Waals surface area contributed by atoms with Crippen LogP contribution in [0.5, 0.6) is 5.75 Å². The van der Waals surface area contributed by atoms with Gasteiger partial charge >= 0.3 is 0 Å².